The zero-order valence-electron chi connectivity index (χ0n) is 12.1. The van der Waals surface area contributed by atoms with Gasteiger partial charge in [0.2, 0.25) is 0 Å². The van der Waals surface area contributed by atoms with Gasteiger partial charge in [0.1, 0.15) is 6.04 Å². The summed E-state index contributed by atoms with van der Waals surface area (Å²) < 4.78 is 4.53. The van der Waals surface area contributed by atoms with E-state index in [4.69, 9.17) is 11.5 Å². The summed E-state index contributed by atoms with van der Waals surface area (Å²) in [5.41, 5.74) is 10.9. The third-order valence-corrected chi connectivity index (χ3v) is 2.01. The molecule has 0 saturated carbocycles. The van der Waals surface area contributed by atoms with Crippen molar-refractivity contribution in [2.45, 2.75) is 32.2 Å². The van der Waals surface area contributed by atoms with Crippen LogP contribution in [0.2, 0.25) is 0 Å². The van der Waals surface area contributed by atoms with E-state index in [1.165, 1.54) is 12.2 Å². The fraction of sp³-hybridized carbons (Fsp3) is 0.500. The number of hydrogen-bond donors (Lipinski definition) is 2. The van der Waals surface area contributed by atoms with Gasteiger partial charge in [0, 0.05) is 6.08 Å². The van der Waals surface area contributed by atoms with Gasteiger partial charge in [0.05, 0.1) is 0 Å². The molecule has 0 radical (unpaired) electrons. The number of ether oxygens (including phenoxy) is 1. The van der Waals surface area contributed by atoms with Gasteiger partial charge in [-0.05, 0) is 26.3 Å². The van der Waals surface area contributed by atoms with Gasteiger partial charge in [0.25, 0.3) is 0 Å². The van der Waals surface area contributed by atoms with Crippen LogP contribution in [0.1, 0.15) is 27.6 Å². The molecule has 5 nitrogen and oxygen atoms in total. The van der Waals surface area contributed by atoms with Gasteiger partial charge in [-0.15, -0.1) is 0 Å². The first-order valence-corrected chi connectivity index (χ1v) is 5.62. The van der Waals surface area contributed by atoms with Crippen LogP contribution in [0, 0.1) is 0 Å². The summed E-state index contributed by atoms with van der Waals surface area (Å²) >= 11 is 0. The number of unbranched alkanes of at least 4 members (excludes halogenated alkanes) is 1. The number of hydrogen-bond acceptors (Lipinski definition) is 5. The summed E-state index contributed by atoms with van der Waals surface area (Å²) in [5, 5.41) is 0. The number of allylic oxidation sites excluding steroid dienone is 3. The number of carbonyl (C=O) groups is 2. The van der Waals surface area contributed by atoms with Crippen molar-refractivity contribution in [1.82, 2.24) is 0 Å². The van der Waals surface area contributed by atoms with Crippen LogP contribution in [-0.4, -0.2) is 24.5 Å². The molecule has 0 amide bonds. The Hall–Kier alpha value is 0.176. The third-order valence-electron chi connectivity index (χ3n) is 2.01. The van der Waals surface area contributed by atoms with E-state index in [9.17, 15) is 9.59 Å². The van der Waals surface area contributed by atoms with Gasteiger partial charge in [-0.1, -0.05) is 24.6 Å². The van der Waals surface area contributed by atoms with Crippen molar-refractivity contribution in [3.8, 4) is 0 Å². The van der Waals surface area contributed by atoms with Gasteiger partial charge in [-0.2, -0.15) is 0 Å². The van der Waals surface area contributed by atoms with Crippen molar-refractivity contribution < 1.29 is 67.1 Å². The molecule has 0 saturated heterocycles. The molecule has 1 atom stereocenters. The minimum atomic E-state index is -0.763. The molecule has 0 fully saturated rings. The molecule has 0 aromatic rings. The van der Waals surface area contributed by atoms with Crippen LogP contribution in [0.15, 0.2) is 24.3 Å². The molecule has 98 valence electrons. The van der Waals surface area contributed by atoms with Crippen LogP contribution in [0.4, 0.5) is 0 Å². The maximum Gasteiger partial charge on any atom is 1.00 e. The summed E-state index contributed by atoms with van der Waals surface area (Å²) in [6.07, 6.45) is 8.10. The number of esters is 2. The summed E-state index contributed by atoms with van der Waals surface area (Å²) in [6, 6.07) is -0.763. The van der Waals surface area contributed by atoms with Gasteiger partial charge in [-0.3, -0.25) is 0 Å². The van der Waals surface area contributed by atoms with E-state index in [-0.39, 0.29) is 52.8 Å². The Balaban J connectivity index is -0.00000128. The fourth-order valence-electron chi connectivity index (χ4n) is 1.08. The minimum Gasteiger partial charge on any atom is -1.00 e. The van der Waals surface area contributed by atoms with Crippen LogP contribution in [0.5, 0.6) is 0 Å². The van der Waals surface area contributed by atoms with Crippen molar-refractivity contribution >= 4 is 11.9 Å². The van der Waals surface area contributed by atoms with E-state index in [1.54, 1.807) is 12.2 Å². The van der Waals surface area contributed by atoms with Gasteiger partial charge < -0.3 is 17.6 Å². The Morgan fingerprint density at radius 3 is 2.56 bits per heavy atom. The second-order valence-corrected chi connectivity index (χ2v) is 3.52. The molecule has 0 spiro atoms. The van der Waals surface area contributed by atoms with Crippen molar-refractivity contribution in [3.63, 3.8) is 0 Å². The number of rotatable bonds is 7. The van der Waals surface area contributed by atoms with Crippen molar-refractivity contribution in [2.24, 2.45) is 11.5 Å². The fourth-order valence-corrected chi connectivity index (χ4v) is 1.08. The molecule has 0 aromatic heterocycles. The Bertz CT molecular complexity index is 309. The van der Waals surface area contributed by atoms with E-state index in [0.29, 0.717) is 13.0 Å². The molecule has 0 aromatic carbocycles. The summed E-state index contributed by atoms with van der Waals surface area (Å²) in [4.78, 5) is 22.5. The predicted molar refractivity (Wildman–Crippen MR) is 67.0 cm³/mol. The zero-order chi connectivity index (χ0) is 13.1. The van der Waals surface area contributed by atoms with E-state index in [0.717, 1.165) is 12.8 Å². The van der Waals surface area contributed by atoms with E-state index in [2.05, 4.69) is 4.74 Å². The maximum absolute atomic E-state index is 11.3. The largest absolute Gasteiger partial charge is 1.00 e. The molecule has 0 aliphatic rings. The van der Waals surface area contributed by atoms with Crippen LogP contribution >= 0.6 is 0 Å². The Morgan fingerprint density at radius 1 is 1.33 bits per heavy atom. The third kappa shape index (κ3) is 11.3. The van der Waals surface area contributed by atoms with Crippen LogP contribution < -0.4 is 62.9 Å². The quantitative estimate of drug-likeness (QED) is 0.137. The molecule has 18 heavy (non-hydrogen) atoms. The second kappa shape index (κ2) is 13.6. The molecule has 0 aliphatic carbocycles. The summed E-state index contributed by atoms with van der Waals surface area (Å²) in [7, 11) is 0. The first-order valence-electron chi connectivity index (χ1n) is 5.62. The molecule has 0 heterocycles. The molecular formula is C12H21KN2O3. The Morgan fingerprint density at radius 2 is 2.00 bits per heavy atom. The average molecular weight is 280 g/mol. The van der Waals surface area contributed by atoms with Crippen molar-refractivity contribution in [3.05, 3.63) is 24.3 Å². The summed E-state index contributed by atoms with van der Waals surface area (Å²) in [5.74, 6) is -1.40. The van der Waals surface area contributed by atoms with Gasteiger partial charge in [-0.25, -0.2) is 9.59 Å². The van der Waals surface area contributed by atoms with Crippen LogP contribution in [0.25, 0.3) is 0 Å². The Kier molecular flexibility index (Phi) is 15.5. The SMILES string of the molecule is C/C=C/C=C/C(=O)OC(=O)[C@@H](N)CCCCN.[H-].[K+]. The van der Waals surface area contributed by atoms with Crippen LogP contribution in [-0.2, 0) is 14.3 Å². The zero-order valence-corrected chi connectivity index (χ0v) is 14.2. The number of nitrogens with two attached hydrogens (primary N) is 2. The second-order valence-electron chi connectivity index (χ2n) is 3.52. The molecule has 0 bridgehead atoms. The Labute approximate surface area is 152 Å². The maximum atomic E-state index is 11.3. The molecule has 6 heteroatoms. The minimum absolute atomic E-state index is 0. The normalized spacial score (nSPS) is 12.4. The van der Waals surface area contributed by atoms with Crippen LogP contribution in [0.3, 0.4) is 0 Å². The number of carbonyl (C=O) groups excluding carboxylic acids is 2. The summed E-state index contributed by atoms with van der Waals surface area (Å²) in [6.45, 7) is 2.38. The smallest absolute Gasteiger partial charge is 1.00 e. The standard InChI is InChI=1S/C12H20N2O3.K.H/c1-2-3-4-8-11(15)17-12(16)10(14)7-5-6-9-13;;/h2-4,8,10H,5-7,9,13-14H2,1H3;;/q;+1;-1/b3-2+,8-4+;;/t10-;;/m0../s1. The molecule has 0 aliphatic heterocycles. The average Bonchev–Trinajstić information content (AvgIpc) is 2.29. The predicted octanol–water partition coefficient (Wildman–Crippen LogP) is -2.24. The first kappa shape index (κ1) is 20.5. The first-order chi connectivity index (χ1) is 8.11. The van der Waals surface area contributed by atoms with Crippen molar-refractivity contribution in [2.75, 3.05) is 6.54 Å². The van der Waals surface area contributed by atoms with Gasteiger partial charge in [0.15, 0.2) is 0 Å². The molecule has 0 rings (SSSR count). The molecule has 4 N–H and O–H groups in total. The topological polar surface area (TPSA) is 95.4 Å². The monoisotopic (exact) mass is 280 g/mol. The van der Waals surface area contributed by atoms with Gasteiger partial charge >= 0.3 is 63.3 Å². The van der Waals surface area contributed by atoms with E-state index < -0.39 is 18.0 Å². The van der Waals surface area contributed by atoms with Crippen molar-refractivity contribution in [1.29, 1.82) is 0 Å². The molecule has 0 unspecified atom stereocenters. The van der Waals surface area contributed by atoms with E-state index in [1.807, 2.05) is 6.92 Å². The molecular weight excluding hydrogens is 259 g/mol. The van der Waals surface area contributed by atoms with E-state index >= 15 is 0 Å².